The van der Waals surface area contributed by atoms with Crippen molar-refractivity contribution in [2.75, 3.05) is 5.73 Å². The number of halogens is 1. The number of benzene rings is 1. The van der Waals surface area contributed by atoms with Crippen molar-refractivity contribution in [2.24, 2.45) is 7.05 Å². The van der Waals surface area contributed by atoms with Gasteiger partial charge in [-0.05, 0) is 40.5 Å². The second-order valence-corrected chi connectivity index (χ2v) is 4.54. The minimum Gasteiger partial charge on any atom is -0.396 e. The third-order valence-corrected chi connectivity index (χ3v) is 3.24. The van der Waals surface area contributed by atoms with E-state index in [4.69, 9.17) is 5.73 Å². The zero-order chi connectivity index (χ0) is 14.2. The minimum atomic E-state index is -0.490. The summed E-state index contributed by atoms with van der Waals surface area (Å²) in [6.07, 6.45) is 0.811. The fourth-order valence-corrected chi connectivity index (χ4v) is 1.86. The van der Waals surface area contributed by atoms with Crippen molar-refractivity contribution in [3.63, 3.8) is 0 Å². The van der Waals surface area contributed by atoms with E-state index in [0.717, 1.165) is 15.8 Å². The van der Waals surface area contributed by atoms with Crippen LogP contribution in [-0.2, 0) is 7.05 Å². The summed E-state index contributed by atoms with van der Waals surface area (Å²) in [4.78, 5) is 11.9. The zero-order valence-corrected chi connectivity index (χ0v) is 11.1. The number of nitrogen functional groups attached to an aromatic ring is 1. The van der Waals surface area contributed by atoms with Gasteiger partial charge in [0.2, 0.25) is 0 Å². The monoisotopic (exact) mass is 265 g/mol. The van der Waals surface area contributed by atoms with Gasteiger partial charge in [0.25, 0.3) is 0 Å². The summed E-state index contributed by atoms with van der Waals surface area (Å²) < 4.78 is 15.9. The maximum absolute atomic E-state index is 13.6. The van der Waals surface area contributed by atoms with Crippen LogP contribution in [0.15, 0.2) is 16.9 Å². The van der Waals surface area contributed by atoms with Crippen molar-refractivity contribution in [3.05, 3.63) is 34.0 Å². The van der Waals surface area contributed by atoms with Crippen molar-refractivity contribution in [2.45, 2.75) is 26.2 Å². The second kappa shape index (κ2) is 4.83. The van der Waals surface area contributed by atoms with Crippen molar-refractivity contribution >= 4 is 5.69 Å². The largest absolute Gasteiger partial charge is 0.396 e. The Morgan fingerprint density at radius 2 is 2.11 bits per heavy atom. The summed E-state index contributed by atoms with van der Waals surface area (Å²) in [6, 6.07) is 2.78. The van der Waals surface area contributed by atoms with E-state index in [-0.39, 0.29) is 11.6 Å². The molecular weight excluding hydrogens is 249 g/mol. The number of tetrazole rings is 1. The molecule has 1 unspecified atom stereocenters. The summed E-state index contributed by atoms with van der Waals surface area (Å²) in [6.45, 7) is 3.94. The summed E-state index contributed by atoms with van der Waals surface area (Å²) in [7, 11) is 1.50. The Balaban J connectivity index is 2.71. The highest BCUT2D eigenvalue weighted by Crippen LogP contribution is 2.28. The van der Waals surface area contributed by atoms with Gasteiger partial charge in [-0.15, -0.1) is 0 Å². The van der Waals surface area contributed by atoms with Gasteiger partial charge in [-0.25, -0.2) is 9.18 Å². The van der Waals surface area contributed by atoms with E-state index in [1.807, 2.05) is 13.8 Å². The van der Waals surface area contributed by atoms with Crippen molar-refractivity contribution < 1.29 is 4.39 Å². The third-order valence-electron chi connectivity index (χ3n) is 3.24. The van der Waals surface area contributed by atoms with E-state index in [0.29, 0.717) is 11.3 Å². The topological polar surface area (TPSA) is 78.7 Å². The van der Waals surface area contributed by atoms with E-state index < -0.39 is 11.5 Å². The average Bonchev–Trinajstić information content (AvgIpc) is 2.72. The normalized spacial score (nSPS) is 12.6. The molecule has 0 fully saturated rings. The van der Waals surface area contributed by atoms with Crippen molar-refractivity contribution in [1.82, 2.24) is 19.8 Å². The molecule has 0 saturated heterocycles. The number of aryl methyl sites for hydroxylation is 1. The molecule has 0 aliphatic rings. The molecule has 0 aliphatic heterocycles. The number of hydrogen-bond donors (Lipinski definition) is 1. The summed E-state index contributed by atoms with van der Waals surface area (Å²) in [5.41, 5.74) is 6.34. The molecule has 1 heterocycles. The Bertz CT molecular complexity index is 661. The number of anilines is 1. The van der Waals surface area contributed by atoms with Gasteiger partial charge in [-0.3, -0.25) is 0 Å². The molecule has 0 spiro atoms. The van der Waals surface area contributed by atoms with Crippen LogP contribution in [0.4, 0.5) is 10.1 Å². The van der Waals surface area contributed by atoms with Crippen LogP contribution in [0.3, 0.4) is 0 Å². The molecule has 0 saturated carbocycles. The molecule has 6 nitrogen and oxygen atoms in total. The predicted octanol–water partition coefficient (Wildman–Crippen LogP) is 1.20. The Kier molecular flexibility index (Phi) is 3.37. The van der Waals surface area contributed by atoms with Crippen LogP contribution in [0, 0.1) is 5.82 Å². The fourth-order valence-electron chi connectivity index (χ4n) is 1.86. The lowest BCUT2D eigenvalue weighted by molar-refractivity contribution is 0.620. The highest BCUT2D eigenvalue weighted by Gasteiger charge is 2.17. The molecule has 2 aromatic rings. The Labute approximate surface area is 109 Å². The Morgan fingerprint density at radius 3 is 2.63 bits per heavy atom. The SMILES string of the molecule is CCC(C)c1cc(F)c(N)cc1-n1nnn(C)c1=O. The van der Waals surface area contributed by atoms with Gasteiger partial charge < -0.3 is 5.73 Å². The van der Waals surface area contributed by atoms with Gasteiger partial charge in [0.1, 0.15) is 5.82 Å². The standard InChI is InChI=1S/C12H16FN5O/c1-4-7(2)8-5-9(13)10(14)6-11(8)18-12(19)17(3)15-16-18/h5-7H,4,14H2,1-3H3. The van der Waals surface area contributed by atoms with Crippen LogP contribution in [0.1, 0.15) is 31.7 Å². The molecule has 1 atom stereocenters. The van der Waals surface area contributed by atoms with Gasteiger partial charge in [-0.2, -0.15) is 9.36 Å². The number of aromatic nitrogens is 4. The quantitative estimate of drug-likeness (QED) is 0.846. The second-order valence-electron chi connectivity index (χ2n) is 4.54. The molecule has 2 rings (SSSR count). The molecular formula is C12H16FN5O. The number of hydrogen-bond acceptors (Lipinski definition) is 4. The van der Waals surface area contributed by atoms with Crippen molar-refractivity contribution in [3.8, 4) is 5.69 Å². The maximum atomic E-state index is 13.6. The summed E-state index contributed by atoms with van der Waals surface area (Å²) in [5.74, 6) is -0.407. The van der Waals surface area contributed by atoms with Gasteiger partial charge in [-0.1, -0.05) is 13.8 Å². The molecule has 102 valence electrons. The van der Waals surface area contributed by atoms with Crippen LogP contribution >= 0.6 is 0 Å². The van der Waals surface area contributed by atoms with E-state index in [1.54, 1.807) is 0 Å². The average molecular weight is 265 g/mol. The van der Waals surface area contributed by atoms with Gasteiger partial charge in [0.15, 0.2) is 0 Å². The Hall–Kier alpha value is -2.18. The first kappa shape index (κ1) is 13.3. The number of nitrogens with zero attached hydrogens (tertiary/aromatic N) is 4. The van der Waals surface area contributed by atoms with Gasteiger partial charge in [0.05, 0.1) is 11.4 Å². The van der Waals surface area contributed by atoms with Crippen LogP contribution < -0.4 is 11.4 Å². The van der Waals surface area contributed by atoms with E-state index in [1.165, 1.54) is 19.2 Å². The highest BCUT2D eigenvalue weighted by atomic mass is 19.1. The first-order valence-corrected chi connectivity index (χ1v) is 6.04. The van der Waals surface area contributed by atoms with Crippen LogP contribution in [0.5, 0.6) is 0 Å². The first-order valence-electron chi connectivity index (χ1n) is 6.04. The number of nitrogens with two attached hydrogens (primary N) is 1. The molecule has 1 aromatic carbocycles. The minimum absolute atomic E-state index is 0.0143. The highest BCUT2D eigenvalue weighted by molar-refractivity contribution is 5.54. The molecule has 0 radical (unpaired) electrons. The van der Waals surface area contributed by atoms with E-state index in [9.17, 15) is 9.18 Å². The smallest absolute Gasteiger partial charge is 0.368 e. The molecule has 7 heteroatoms. The molecule has 1 aromatic heterocycles. The molecule has 0 aliphatic carbocycles. The lowest BCUT2D eigenvalue weighted by atomic mass is 9.96. The van der Waals surface area contributed by atoms with E-state index >= 15 is 0 Å². The lowest BCUT2D eigenvalue weighted by Crippen LogP contribution is -2.23. The van der Waals surface area contributed by atoms with Crippen LogP contribution in [-0.4, -0.2) is 19.8 Å². The molecule has 19 heavy (non-hydrogen) atoms. The van der Waals surface area contributed by atoms with Gasteiger partial charge >= 0.3 is 5.69 Å². The molecule has 2 N–H and O–H groups in total. The van der Waals surface area contributed by atoms with Crippen molar-refractivity contribution in [1.29, 1.82) is 0 Å². The fraction of sp³-hybridized carbons (Fsp3) is 0.417. The van der Waals surface area contributed by atoms with E-state index in [2.05, 4.69) is 10.4 Å². The summed E-state index contributed by atoms with van der Waals surface area (Å²) >= 11 is 0. The van der Waals surface area contributed by atoms with Crippen LogP contribution in [0.2, 0.25) is 0 Å². The number of rotatable bonds is 3. The summed E-state index contributed by atoms with van der Waals surface area (Å²) in [5, 5.41) is 7.43. The van der Waals surface area contributed by atoms with Gasteiger partial charge in [0, 0.05) is 7.05 Å². The van der Waals surface area contributed by atoms with Crippen LogP contribution in [0.25, 0.3) is 5.69 Å². The molecule has 0 bridgehead atoms. The lowest BCUT2D eigenvalue weighted by Gasteiger charge is -2.15. The maximum Gasteiger partial charge on any atom is 0.368 e. The molecule has 0 amide bonds. The first-order chi connectivity index (χ1) is 8.95. The third kappa shape index (κ3) is 2.23. The zero-order valence-electron chi connectivity index (χ0n) is 11.1. The Morgan fingerprint density at radius 1 is 1.42 bits per heavy atom. The predicted molar refractivity (Wildman–Crippen MR) is 69.7 cm³/mol.